The van der Waals surface area contributed by atoms with Crippen molar-refractivity contribution >= 4 is 29.1 Å². The Labute approximate surface area is 159 Å². The zero-order valence-corrected chi connectivity index (χ0v) is 15.7. The van der Waals surface area contributed by atoms with Crippen molar-refractivity contribution < 1.29 is 14.3 Å². The maximum absolute atomic E-state index is 12.1. The van der Waals surface area contributed by atoms with Gasteiger partial charge in [-0.15, -0.1) is 0 Å². The highest BCUT2D eigenvalue weighted by Gasteiger charge is 2.29. The molecule has 0 radical (unpaired) electrons. The smallest absolute Gasteiger partial charge is 0.224 e. The maximum Gasteiger partial charge on any atom is 0.224 e. The van der Waals surface area contributed by atoms with Crippen LogP contribution in [0.2, 0.25) is 5.02 Å². The Hall–Kier alpha value is -1.63. The molecule has 6 nitrogen and oxygen atoms in total. The molecule has 1 aliphatic heterocycles. The Morgan fingerprint density at radius 2 is 2.00 bits per heavy atom. The molecule has 1 saturated carbocycles. The Morgan fingerprint density at radius 3 is 2.73 bits per heavy atom. The standard InChI is InChI=1S/C19H26ClN3O3/c20-17-6-5-16(12-15(17)13-23-8-10-26-11-9-23)22-18(24)2-1-7-21-19(25)14-3-4-14/h5-6,12,14H,1-4,7-11,13H2,(H,21,25)(H,22,24). The Morgan fingerprint density at radius 1 is 1.23 bits per heavy atom. The van der Waals surface area contributed by atoms with Crippen LogP contribution >= 0.6 is 11.6 Å². The molecule has 142 valence electrons. The van der Waals surface area contributed by atoms with Gasteiger partial charge in [0.2, 0.25) is 11.8 Å². The van der Waals surface area contributed by atoms with Crippen LogP contribution in [-0.4, -0.2) is 49.6 Å². The maximum atomic E-state index is 12.1. The summed E-state index contributed by atoms with van der Waals surface area (Å²) < 4.78 is 5.36. The first-order valence-corrected chi connectivity index (χ1v) is 9.66. The summed E-state index contributed by atoms with van der Waals surface area (Å²) in [5.41, 5.74) is 1.76. The minimum atomic E-state index is -0.0506. The molecule has 7 heteroatoms. The Balaban J connectivity index is 1.43. The van der Waals surface area contributed by atoms with Crippen molar-refractivity contribution in [3.63, 3.8) is 0 Å². The highest BCUT2D eigenvalue weighted by atomic mass is 35.5. The summed E-state index contributed by atoms with van der Waals surface area (Å²) in [6, 6.07) is 5.57. The van der Waals surface area contributed by atoms with Gasteiger partial charge in [-0.25, -0.2) is 0 Å². The van der Waals surface area contributed by atoms with E-state index in [1.54, 1.807) is 0 Å². The number of ether oxygens (including phenoxy) is 1. The van der Waals surface area contributed by atoms with E-state index in [4.69, 9.17) is 16.3 Å². The van der Waals surface area contributed by atoms with E-state index in [1.807, 2.05) is 18.2 Å². The monoisotopic (exact) mass is 379 g/mol. The van der Waals surface area contributed by atoms with Gasteiger partial charge in [-0.2, -0.15) is 0 Å². The fourth-order valence-electron chi connectivity index (χ4n) is 2.95. The molecule has 2 N–H and O–H groups in total. The molecule has 0 spiro atoms. The van der Waals surface area contributed by atoms with Gasteiger partial charge in [0.1, 0.15) is 0 Å². The quantitative estimate of drug-likeness (QED) is 0.680. The van der Waals surface area contributed by atoms with Crippen molar-refractivity contribution in [1.29, 1.82) is 0 Å². The second-order valence-electron chi connectivity index (χ2n) is 6.91. The van der Waals surface area contributed by atoms with E-state index >= 15 is 0 Å². The lowest BCUT2D eigenvalue weighted by molar-refractivity contribution is -0.122. The average Bonchev–Trinajstić information content (AvgIpc) is 3.47. The summed E-state index contributed by atoms with van der Waals surface area (Å²) in [6.45, 7) is 4.56. The number of nitrogens with zero attached hydrogens (tertiary/aromatic N) is 1. The van der Waals surface area contributed by atoms with Gasteiger partial charge < -0.3 is 15.4 Å². The van der Waals surface area contributed by atoms with Gasteiger partial charge in [-0.05, 0) is 43.0 Å². The molecule has 0 aromatic heterocycles. The van der Waals surface area contributed by atoms with Crippen LogP contribution in [0.3, 0.4) is 0 Å². The first-order chi connectivity index (χ1) is 12.6. The molecule has 26 heavy (non-hydrogen) atoms. The Kier molecular flexibility index (Phi) is 6.88. The van der Waals surface area contributed by atoms with Crippen molar-refractivity contribution in [2.75, 3.05) is 38.2 Å². The number of hydrogen-bond donors (Lipinski definition) is 2. The number of carbonyl (C=O) groups is 2. The van der Waals surface area contributed by atoms with Crippen LogP contribution in [0, 0.1) is 5.92 Å². The molecule has 1 aliphatic carbocycles. The van der Waals surface area contributed by atoms with Crippen molar-refractivity contribution in [2.45, 2.75) is 32.2 Å². The van der Waals surface area contributed by atoms with Gasteiger partial charge in [-0.1, -0.05) is 11.6 Å². The van der Waals surface area contributed by atoms with Crippen LogP contribution in [-0.2, 0) is 20.9 Å². The number of benzene rings is 1. The van der Waals surface area contributed by atoms with Crippen LogP contribution in [0.4, 0.5) is 5.69 Å². The molecule has 1 aromatic rings. The molecule has 1 aromatic carbocycles. The van der Waals surface area contributed by atoms with Gasteiger partial charge >= 0.3 is 0 Å². The minimum absolute atomic E-state index is 0.0506. The minimum Gasteiger partial charge on any atom is -0.379 e. The molecule has 0 bridgehead atoms. The molecule has 1 heterocycles. The zero-order valence-electron chi connectivity index (χ0n) is 14.9. The molecule has 2 aliphatic rings. The van der Waals surface area contributed by atoms with Gasteiger partial charge in [-0.3, -0.25) is 14.5 Å². The van der Waals surface area contributed by atoms with Gasteiger partial charge in [0.25, 0.3) is 0 Å². The largest absolute Gasteiger partial charge is 0.379 e. The lowest BCUT2D eigenvalue weighted by Gasteiger charge is -2.27. The number of morpholine rings is 1. The number of rotatable bonds is 8. The van der Waals surface area contributed by atoms with Gasteiger partial charge in [0, 0.05) is 49.2 Å². The van der Waals surface area contributed by atoms with Crippen molar-refractivity contribution in [3.05, 3.63) is 28.8 Å². The van der Waals surface area contributed by atoms with Crippen LogP contribution in [0.5, 0.6) is 0 Å². The fraction of sp³-hybridized carbons (Fsp3) is 0.579. The van der Waals surface area contributed by atoms with Crippen LogP contribution in [0.25, 0.3) is 0 Å². The molecule has 2 fully saturated rings. The average molecular weight is 380 g/mol. The first kappa shape index (κ1) is 19.1. The number of halogens is 1. The molecule has 0 atom stereocenters. The predicted molar refractivity (Wildman–Crippen MR) is 101 cm³/mol. The zero-order chi connectivity index (χ0) is 18.4. The normalized spacial score (nSPS) is 17.7. The number of amides is 2. The van der Waals surface area contributed by atoms with E-state index in [9.17, 15) is 9.59 Å². The third-order valence-electron chi connectivity index (χ3n) is 4.66. The van der Waals surface area contributed by atoms with E-state index in [2.05, 4.69) is 15.5 Å². The van der Waals surface area contributed by atoms with Gasteiger partial charge in [0.15, 0.2) is 0 Å². The van der Waals surface area contributed by atoms with Gasteiger partial charge in [0.05, 0.1) is 13.2 Å². The van der Waals surface area contributed by atoms with Crippen LogP contribution in [0.1, 0.15) is 31.2 Å². The topological polar surface area (TPSA) is 70.7 Å². The third-order valence-corrected chi connectivity index (χ3v) is 5.02. The number of nitrogens with one attached hydrogen (secondary N) is 2. The summed E-state index contributed by atoms with van der Waals surface area (Å²) >= 11 is 6.30. The first-order valence-electron chi connectivity index (χ1n) is 9.28. The highest BCUT2D eigenvalue weighted by Crippen LogP contribution is 2.28. The van der Waals surface area contributed by atoms with Crippen molar-refractivity contribution in [2.24, 2.45) is 5.92 Å². The predicted octanol–water partition coefficient (Wildman–Crippen LogP) is 2.42. The summed E-state index contributed by atoms with van der Waals surface area (Å²) in [7, 11) is 0. The van der Waals surface area contributed by atoms with Crippen LogP contribution < -0.4 is 10.6 Å². The SMILES string of the molecule is O=C(CCCNC(=O)C1CC1)Nc1ccc(Cl)c(CN2CCOCC2)c1. The van der Waals surface area contributed by atoms with E-state index in [0.717, 1.165) is 56.9 Å². The number of hydrogen-bond acceptors (Lipinski definition) is 4. The molecule has 3 rings (SSSR count). The number of carbonyl (C=O) groups excluding carboxylic acids is 2. The summed E-state index contributed by atoms with van der Waals surface area (Å²) in [4.78, 5) is 25.9. The van der Waals surface area contributed by atoms with E-state index < -0.39 is 0 Å². The molecular formula is C19H26ClN3O3. The summed E-state index contributed by atoms with van der Waals surface area (Å²) in [5.74, 6) is 0.281. The molecule has 0 unspecified atom stereocenters. The summed E-state index contributed by atoms with van der Waals surface area (Å²) in [6.07, 6.45) is 3.01. The van der Waals surface area contributed by atoms with E-state index in [0.29, 0.717) is 24.4 Å². The molecular weight excluding hydrogens is 354 g/mol. The summed E-state index contributed by atoms with van der Waals surface area (Å²) in [5, 5.41) is 6.50. The fourth-order valence-corrected chi connectivity index (χ4v) is 3.13. The molecule has 1 saturated heterocycles. The second-order valence-corrected chi connectivity index (χ2v) is 7.32. The van der Waals surface area contributed by atoms with Crippen LogP contribution in [0.15, 0.2) is 18.2 Å². The van der Waals surface area contributed by atoms with Crippen molar-refractivity contribution in [1.82, 2.24) is 10.2 Å². The van der Waals surface area contributed by atoms with E-state index in [1.165, 1.54) is 0 Å². The van der Waals surface area contributed by atoms with Crippen molar-refractivity contribution in [3.8, 4) is 0 Å². The Bertz CT molecular complexity index is 643. The lowest BCUT2D eigenvalue weighted by atomic mass is 10.1. The highest BCUT2D eigenvalue weighted by molar-refractivity contribution is 6.31. The number of anilines is 1. The van der Waals surface area contributed by atoms with E-state index in [-0.39, 0.29) is 17.7 Å². The molecule has 2 amide bonds. The third kappa shape index (κ3) is 5.97. The lowest BCUT2D eigenvalue weighted by Crippen LogP contribution is -2.35. The second kappa shape index (κ2) is 9.35.